The summed E-state index contributed by atoms with van der Waals surface area (Å²) in [5.74, 6) is -0.392. The largest absolute Gasteiger partial charge is 0.465 e. The van der Waals surface area contributed by atoms with E-state index in [1.165, 1.54) is 18.4 Å². The number of carbonyl (C=O) groups is 1. The smallest absolute Gasteiger partial charge is 0.348 e. The van der Waals surface area contributed by atoms with E-state index in [0.29, 0.717) is 10.4 Å². The Morgan fingerprint density at radius 2 is 1.80 bits per heavy atom. The standard InChI is InChI=1S/C18H23NO4S2/c1-11-9-13(15-12(2)10-24-16(15)17(20)23-6)7-8-14(11)25(21,22)19-18(3,4)5/h7-10,19H,1-6H3. The van der Waals surface area contributed by atoms with E-state index in [2.05, 4.69) is 4.72 Å². The number of hydrogen-bond donors (Lipinski definition) is 1. The molecular formula is C18H23NO4S2. The molecule has 0 amide bonds. The molecule has 2 rings (SSSR count). The van der Waals surface area contributed by atoms with Gasteiger partial charge in [0.05, 0.1) is 12.0 Å². The van der Waals surface area contributed by atoms with Crippen LogP contribution in [0.15, 0.2) is 28.5 Å². The fourth-order valence-corrected chi connectivity index (χ4v) is 5.25. The van der Waals surface area contributed by atoms with E-state index in [1.807, 2.05) is 12.3 Å². The number of benzene rings is 1. The van der Waals surface area contributed by atoms with Crippen molar-refractivity contribution in [3.63, 3.8) is 0 Å². The highest BCUT2D eigenvalue weighted by Crippen LogP contribution is 2.34. The Hall–Kier alpha value is -1.70. The Morgan fingerprint density at radius 1 is 1.16 bits per heavy atom. The molecule has 25 heavy (non-hydrogen) atoms. The number of ether oxygens (including phenoxy) is 1. The quantitative estimate of drug-likeness (QED) is 0.816. The van der Waals surface area contributed by atoms with Gasteiger partial charge in [0.2, 0.25) is 10.0 Å². The number of methoxy groups -OCH3 is 1. The van der Waals surface area contributed by atoms with Crippen LogP contribution in [0.4, 0.5) is 0 Å². The van der Waals surface area contributed by atoms with Crippen LogP contribution in [0, 0.1) is 13.8 Å². The first kappa shape index (κ1) is 19.6. The van der Waals surface area contributed by atoms with Crippen LogP contribution in [-0.2, 0) is 14.8 Å². The molecule has 0 fully saturated rings. The predicted molar refractivity (Wildman–Crippen MR) is 101 cm³/mol. The van der Waals surface area contributed by atoms with E-state index in [9.17, 15) is 13.2 Å². The fourth-order valence-electron chi connectivity index (χ4n) is 2.61. The second-order valence-corrected chi connectivity index (χ2v) is 9.48. The number of nitrogens with one attached hydrogen (secondary N) is 1. The first-order valence-corrected chi connectivity index (χ1v) is 10.1. The van der Waals surface area contributed by atoms with Gasteiger partial charge in [0.25, 0.3) is 0 Å². The Labute approximate surface area is 153 Å². The van der Waals surface area contributed by atoms with Gasteiger partial charge in [0.15, 0.2) is 0 Å². The minimum Gasteiger partial charge on any atom is -0.465 e. The van der Waals surface area contributed by atoms with E-state index in [-0.39, 0.29) is 4.90 Å². The monoisotopic (exact) mass is 381 g/mol. The lowest BCUT2D eigenvalue weighted by Gasteiger charge is -2.21. The van der Waals surface area contributed by atoms with Gasteiger partial charge in [-0.2, -0.15) is 0 Å². The van der Waals surface area contributed by atoms with Gasteiger partial charge >= 0.3 is 5.97 Å². The summed E-state index contributed by atoms with van der Waals surface area (Å²) in [6.45, 7) is 9.06. The normalized spacial score (nSPS) is 12.2. The van der Waals surface area contributed by atoms with E-state index in [4.69, 9.17) is 4.74 Å². The van der Waals surface area contributed by atoms with Crippen molar-refractivity contribution in [2.45, 2.75) is 45.1 Å². The topological polar surface area (TPSA) is 72.5 Å². The van der Waals surface area contributed by atoms with Crippen LogP contribution in [-0.4, -0.2) is 27.0 Å². The highest BCUT2D eigenvalue weighted by atomic mass is 32.2. The molecule has 0 atom stereocenters. The van der Waals surface area contributed by atoms with Crippen molar-refractivity contribution in [2.24, 2.45) is 0 Å². The highest BCUT2D eigenvalue weighted by Gasteiger charge is 2.25. The lowest BCUT2D eigenvalue weighted by atomic mass is 10.0. The zero-order chi connectivity index (χ0) is 19.0. The lowest BCUT2D eigenvalue weighted by Crippen LogP contribution is -2.40. The Morgan fingerprint density at radius 3 is 2.32 bits per heavy atom. The van der Waals surface area contributed by atoms with E-state index in [0.717, 1.165) is 16.7 Å². The second kappa shape index (κ2) is 6.90. The van der Waals surface area contributed by atoms with Crippen molar-refractivity contribution in [1.29, 1.82) is 0 Å². The zero-order valence-electron chi connectivity index (χ0n) is 15.3. The third-order valence-corrected chi connectivity index (χ3v) is 6.54. The van der Waals surface area contributed by atoms with Crippen molar-refractivity contribution in [1.82, 2.24) is 4.72 Å². The van der Waals surface area contributed by atoms with Gasteiger partial charge in [-0.1, -0.05) is 12.1 Å². The molecule has 1 N–H and O–H groups in total. The average Bonchev–Trinajstić information content (AvgIpc) is 2.85. The number of esters is 1. The summed E-state index contributed by atoms with van der Waals surface area (Å²) in [5.41, 5.74) is 2.59. The van der Waals surface area contributed by atoms with Crippen LogP contribution < -0.4 is 4.72 Å². The van der Waals surface area contributed by atoms with Crippen molar-refractivity contribution >= 4 is 27.3 Å². The fraction of sp³-hybridized carbons (Fsp3) is 0.389. The molecule has 0 aliphatic heterocycles. The summed E-state index contributed by atoms with van der Waals surface area (Å²) < 4.78 is 32.6. The molecule has 0 aliphatic carbocycles. The second-order valence-electron chi connectivity index (χ2n) is 6.95. The number of thiophene rings is 1. The molecule has 1 aromatic carbocycles. The zero-order valence-corrected chi connectivity index (χ0v) is 16.9. The van der Waals surface area contributed by atoms with Gasteiger partial charge in [0, 0.05) is 11.1 Å². The molecule has 0 bridgehead atoms. The molecule has 1 aromatic heterocycles. The summed E-state index contributed by atoms with van der Waals surface area (Å²) in [6.07, 6.45) is 0. The molecule has 7 heteroatoms. The molecule has 0 radical (unpaired) electrons. The predicted octanol–water partition coefficient (Wildman–Crippen LogP) is 3.90. The lowest BCUT2D eigenvalue weighted by molar-refractivity contribution is 0.0607. The molecule has 0 saturated carbocycles. The number of rotatable bonds is 4. The molecule has 0 saturated heterocycles. The number of aryl methyl sites for hydroxylation is 2. The molecule has 5 nitrogen and oxygen atoms in total. The summed E-state index contributed by atoms with van der Waals surface area (Å²) in [4.78, 5) is 12.7. The third-order valence-electron chi connectivity index (χ3n) is 3.54. The molecule has 0 unspecified atom stereocenters. The maximum atomic E-state index is 12.6. The number of carbonyl (C=O) groups excluding carboxylic acids is 1. The molecule has 0 aliphatic rings. The van der Waals surface area contributed by atoms with Gasteiger partial charge in [-0.3, -0.25) is 0 Å². The van der Waals surface area contributed by atoms with Crippen molar-refractivity contribution in [2.75, 3.05) is 7.11 Å². The molecule has 136 valence electrons. The van der Waals surface area contributed by atoms with Gasteiger partial charge in [0.1, 0.15) is 4.88 Å². The highest BCUT2D eigenvalue weighted by molar-refractivity contribution is 7.89. The minimum atomic E-state index is -3.61. The van der Waals surface area contributed by atoms with Crippen LogP contribution in [0.5, 0.6) is 0 Å². The van der Waals surface area contributed by atoms with Gasteiger partial charge in [-0.05, 0) is 62.8 Å². The van der Waals surface area contributed by atoms with Gasteiger partial charge in [-0.15, -0.1) is 11.3 Å². The molecular weight excluding hydrogens is 358 g/mol. The summed E-state index contributed by atoms with van der Waals surface area (Å²) in [5, 5.41) is 1.89. The number of sulfonamides is 1. The summed E-state index contributed by atoms with van der Waals surface area (Å²) in [6, 6.07) is 5.10. The van der Waals surface area contributed by atoms with E-state index >= 15 is 0 Å². The van der Waals surface area contributed by atoms with E-state index in [1.54, 1.807) is 45.9 Å². The molecule has 1 heterocycles. The van der Waals surface area contributed by atoms with Crippen molar-refractivity contribution < 1.29 is 17.9 Å². The van der Waals surface area contributed by atoms with Crippen LogP contribution in [0.2, 0.25) is 0 Å². The van der Waals surface area contributed by atoms with Gasteiger partial charge < -0.3 is 4.74 Å². The average molecular weight is 382 g/mol. The number of hydrogen-bond acceptors (Lipinski definition) is 5. The summed E-state index contributed by atoms with van der Waals surface area (Å²) >= 11 is 1.32. The SMILES string of the molecule is COC(=O)c1scc(C)c1-c1ccc(S(=O)(=O)NC(C)(C)C)c(C)c1. The maximum absolute atomic E-state index is 12.6. The van der Waals surface area contributed by atoms with Crippen molar-refractivity contribution in [3.05, 3.63) is 39.6 Å². The third kappa shape index (κ3) is 4.29. The van der Waals surface area contributed by atoms with E-state index < -0.39 is 21.5 Å². The van der Waals surface area contributed by atoms with Crippen LogP contribution >= 0.6 is 11.3 Å². The molecule has 2 aromatic rings. The minimum absolute atomic E-state index is 0.235. The van der Waals surface area contributed by atoms with Crippen LogP contribution in [0.3, 0.4) is 0 Å². The Kier molecular flexibility index (Phi) is 5.41. The first-order chi connectivity index (χ1) is 11.5. The van der Waals surface area contributed by atoms with Crippen LogP contribution in [0.25, 0.3) is 11.1 Å². The Bertz CT molecular complexity index is 906. The van der Waals surface area contributed by atoms with Crippen molar-refractivity contribution in [3.8, 4) is 11.1 Å². The maximum Gasteiger partial charge on any atom is 0.348 e. The molecule has 0 spiro atoms. The Balaban J connectivity index is 2.52. The summed E-state index contributed by atoms with van der Waals surface area (Å²) in [7, 11) is -2.27. The van der Waals surface area contributed by atoms with Crippen LogP contribution in [0.1, 0.15) is 41.6 Å². The van der Waals surface area contributed by atoms with Gasteiger partial charge in [-0.25, -0.2) is 17.9 Å². The first-order valence-electron chi connectivity index (χ1n) is 7.77.